The number of hydrogen-bond acceptors (Lipinski definition) is 3. The second-order valence-electron chi connectivity index (χ2n) is 3.75. The van der Waals surface area contributed by atoms with Crippen molar-refractivity contribution in [3.05, 3.63) is 47.5 Å². The van der Waals surface area contributed by atoms with Gasteiger partial charge in [-0.1, -0.05) is 0 Å². The second-order valence-corrected chi connectivity index (χ2v) is 3.75. The summed E-state index contributed by atoms with van der Waals surface area (Å²) in [6.07, 6.45) is 2.41. The van der Waals surface area contributed by atoms with Gasteiger partial charge >= 0.3 is 6.55 Å². The Balaban J connectivity index is 2.19. The Kier molecular flexibility index (Phi) is 4.02. The SMILES string of the molecule is O=Cc1cc(F)c(OCc2nccn2C(F)F)c(F)c1. The molecular formula is C12H8F4N2O2. The number of nitrogens with zero attached hydrogens (tertiary/aromatic N) is 2. The van der Waals surface area contributed by atoms with E-state index in [1.165, 1.54) is 0 Å². The molecule has 0 saturated carbocycles. The Labute approximate surface area is 110 Å². The third kappa shape index (κ3) is 2.79. The summed E-state index contributed by atoms with van der Waals surface area (Å²) in [4.78, 5) is 14.0. The van der Waals surface area contributed by atoms with Gasteiger partial charge in [-0.15, -0.1) is 0 Å². The van der Waals surface area contributed by atoms with E-state index in [0.717, 1.165) is 24.5 Å². The van der Waals surface area contributed by atoms with Gasteiger partial charge in [0.1, 0.15) is 12.9 Å². The summed E-state index contributed by atoms with van der Waals surface area (Å²) in [6, 6.07) is 1.57. The van der Waals surface area contributed by atoms with Gasteiger partial charge in [0, 0.05) is 18.0 Å². The lowest BCUT2D eigenvalue weighted by molar-refractivity contribution is 0.0629. The normalized spacial score (nSPS) is 10.8. The molecule has 0 radical (unpaired) electrons. The number of rotatable bonds is 5. The highest BCUT2D eigenvalue weighted by molar-refractivity contribution is 5.75. The van der Waals surface area contributed by atoms with Gasteiger partial charge in [-0.3, -0.25) is 9.36 Å². The van der Waals surface area contributed by atoms with Gasteiger partial charge in [0.15, 0.2) is 23.2 Å². The molecule has 2 aromatic rings. The summed E-state index contributed by atoms with van der Waals surface area (Å²) in [5, 5.41) is 0. The molecule has 0 aliphatic rings. The zero-order chi connectivity index (χ0) is 14.7. The minimum atomic E-state index is -2.83. The van der Waals surface area contributed by atoms with Gasteiger partial charge in [-0.05, 0) is 12.1 Å². The zero-order valence-electron chi connectivity index (χ0n) is 9.89. The molecule has 4 nitrogen and oxygen atoms in total. The first-order valence-corrected chi connectivity index (χ1v) is 5.39. The van der Waals surface area contributed by atoms with Crippen molar-refractivity contribution in [1.82, 2.24) is 9.55 Å². The van der Waals surface area contributed by atoms with Crippen molar-refractivity contribution in [3.8, 4) is 5.75 Å². The van der Waals surface area contributed by atoms with E-state index >= 15 is 0 Å². The Bertz CT molecular complexity index is 605. The maximum atomic E-state index is 13.5. The number of aldehydes is 1. The van der Waals surface area contributed by atoms with Gasteiger partial charge in [-0.25, -0.2) is 13.8 Å². The van der Waals surface area contributed by atoms with E-state index in [-0.39, 0.29) is 17.7 Å². The first-order chi connectivity index (χ1) is 9.52. The van der Waals surface area contributed by atoms with Crippen molar-refractivity contribution in [3.63, 3.8) is 0 Å². The lowest BCUT2D eigenvalue weighted by atomic mass is 10.2. The summed E-state index contributed by atoms with van der Waals surface area (Å²) >= 11 is 0. The van der Waals surface area contributed by atoms with E-state index in [4.69, 9.17) is 4.74 Å². The molecule has 0 aliphatic heterocycles. The Hall–Kier alpha value is -2.38. The lowest BCUT2D eigenvalue weighted by Crippen LogP contribution is -2.08. The summed E-state index contributed by atoms with van der Waals surface area (Å²) in [5.41, 5.74) is -0.193. The molecule has 2 rings (SSSR count). The predicted molar refractivity (Wildman–Crippen MR) is 59.6 cm³/mol. The van der Waals surface area contributed by atoms with Crippen LogP contribution in [0, 0.1) is 11.6 Å². The smallest absolute Gasteiger partial charge is 0.320 e. The Morgan fingerprint density at radius 2 is 1.95 bits per heavy atom. The van der Waals surface area contributed by atoms with Gasteiger partial charge in [0.05, 0.1) is 0 Å². The van der Waals surface area contributed by atoms with E-state index in [2.05, 4.69) is 4.98 Å². The molecule has 0 N–H and O–H groups in total. The number of hydrogen-bond donors (Lipinski definition) is 0. The molecule has 0 atom stereocenters. The standard InChI is InChI=1S/C12H8F4N2O2/c13-8-3-7(5-19)4-9(14)11(8)20-6-10-17-1-2-18(10)12(15)16/h1-5,12H,6H2. The molecule has 0 spiro atoms. The molecule has 0 saturated heterocycles. The van der Waals surface area contributed by atoms with Crippen LogP contribution in [-0.4, -0.2) is 15.8 Å². The summed E-state index contributed by atoms with van der Waals surface area (Å²) < 4.78 is 57.4. The molecule has 1 aromatic carbocycles. The van der Waals surface area contributed by atoms with E-state index in [0.29, 0.717) is 4.57 Å². The fourth-order valence-electron chi connectivity index (χ4n) is 1.56. The summed E-state index contributed by atoms with van der Waals surface area (Å²) in [5.74, 6) is -3.12. The lowest BCUT2D eigenvalue weighted by Gasteiger charge is -2.10. The summed E-state index contributed by atoms with van der Waals surface area (Å²) in [7, 11) is 0. The number of aromatic nitrogens is 2. The first kappa shape index (κ1) is 14.0. The summed E-state index contributed by atoms with van der Waals surface area (Å²) in [6.45, 7) is -3.37. The molecule has 106 valence electrons. The van der Waals surface area contributed by atoms with Gasteiger partial charge in [-0.2, -0.15) is 8.78 Å². The minimum Gasteiger partial charge on any atom is -0.480 e. The van der Waals surface area contributed by atoms with E-state index in [9.17, 15) is 22.4 Å². The van der Waals surface area contributed by atoms with Crippen molar-refractivity contribution in [1.29, 1.82) is 0 Å². The van der Waals surface area contributed by atoms with Crippen molar-refractivity contribution >= 4 is 6.29 Å². The predicted octanol–water partition coefficient (Wildman–Crippen LogP) is 2.95. The van der Waals surface area contributed by atoms with Gasteiger partial charge in [0.25, 0.3) is 0 Å². The van der Waals surface area contributed by atoms with Crippen molar-refractivity contribution in [2.45, 2.75) is 13.2 Å². The number of carbonyl (C=O) groups is 1. The highest BCUT2D eigenvalue weighted by Gasteiger charge is 2.16. The number of benzene rings is 1. The third-order valence-electron chi connectivity index (χ3n) is 2.46. The topological polar surface area (TPSA) is 44.1 Å². The molecule has 0 unspecified atom stereocenters. The maximum Gasteiger partial charge on any atom is 0.320 e. The highest BCUT2D eigenvalue weighted by Crippen LogP contribution is 2.24. The van der Waals surface area contributed by atoms with Crippen LogP contribution in [0.5, 0.6) is 5.75 Å². The van der Waals surface area contributed by atoms with Crippen LogP contribution in [0.15, 0.2) is 24.5 Å². The zero-order valence-corrected chi connectivity index (χ0v) is 9.89. The largest absolute Gasteiger partial charge is 0.480 e. The van der Waals surface area contributed by atoms with Gasteiger partial charge in [0.2, 0.25) is 0 Å². The fraction of sp³-hybridized carbons (Fsp3) is 0.167. The highest BCUT2D eigenvalue weighted by atomic mass is 19.3. The van der Waals surface area contributed by atoms with Crippen molar-refractivity contribution in [2.24, 2.45) is 0 Å². The monoisotopic (exact) mass is 288 g/mol. The quantitative estimate of drug-likeness (QED) is 0.627. The number of ether oxygens (including phenoxy) is 1. The van der Waals surface area contributed by atoms with E-state index in [1.54, 1.807) is 0 Å². The van der Waals surface area contributed by atoms with Crippen LogP contribution in [0.3, 0.4) is 0 Å². The van der Waals surface area contributed by atoms with Crippen LogP contribution in [0.1, 0.15) is 22.7 Å². The van der Waals surface area contributed by atoms with Crippen LogP contribution >= 0.6 is 0 Å². The molecule has 0 amide bonds. The van der Waals surface area contributed by atoms with Crippen molar-refractivity contribution < 1.29 is 27.1 Å². The number of alkyl halides is 2. The molecule has 0 aliphatic carbocycles. The van der Waals surface area contributed by atoms with Crippen LogP contribution in [0.2, 0.25) is 0 Å². The van der Waals surface area contributed by atoms with E-state index in [1.807, 2.05) is 0 Å². The molecular weight excluding hydrogens is 280 g/mol. The van der Waals surface area contributed by atoms with Crippen LogP contribution in [0.4, 0.5) is 17.6 Å². The average Bonchev–Trinajstić information content (AvgIpc) is 2.86. The fourth-order valence-corrected chi connectivity index (χ4v) is 1.56. The van der Waals surface area contributed by atoms with Crippen LogP contribution < -0.4 is 4.74 Å². The first-order valence-electron chi connectivity index (χ1n) is 5.39. The molecule has 0 bridgehead atoms. The Morgan fingerprint density at radius 1 is 1.30 bits per heavy atom. The van der Waals surface area contributed by atoms with E-state index < -0.39 is 30.5 Å². The average molecular weight is 288 g/mol. The third-order valence-corrected chi connectivity index (χ3v) is 2.46. The Morgan fingerprint density at radius 3 is 2.50 bits per heavy atom. The molecule has 1 aromatic heterocycles. The molecule has 20 heavy (non-hydrogen) atoms. The number of carbonyl (C=O) groups excluding carboxylic acids is 1. The minimum absolute atomic E-state index is 0.182. The molecule has 8 heteroatoms. The maximum absolute atomic E-state index is 13.5. The van der Waals surface area contributed by atoms with Crippen molar-refractivity contribution in [2.75, 3.05) is 0 Å². The van der Waals surface area contributed by atoms with Crippen LogP contribution in [-0.2, 0) is 6.61 Å². The number of halogens is 4. The van der Waals surface area contributed by atoms with Crippen LogP contribution in [0.25, 0.3) is 0 Å². The molecule has 1 heterocycles. The van der Waals surface area contributed by atoms with Gasteiger partial charge < -0.3 is 4.74 Å². The molecule has 0 fully saturated rings. The second kappa shape index (κ2) is 5.72. The number of imidazole rings is 1.